The molecule has 0 aliphatic carbocycles. The summed E-state index contributed by atoms with van der Waals surface area (Å²) in [5.41, 5.74) is 6.61. The number of nitrogens with two attached hydrogens (primary N) is 1. The molecule has 0 bridgehead atoms. The molecule has 0 atom stereocenters. The quantitative estimate of drug-likeness (QED) is 0.826. The van der Waals surface area contributed by atoms with Crippen molar-refractivity contribution in [2.45, 2.75) is 13.2 Å². The van der Waals surface area contributed by atoms with E-state index in [4.69, 9.17) is 10.5 Å². The third-order valence-corrected chi connectivity index (χ3v) is 2.35. The number of aryl methyl sites for hydroxylation is 1. The number of hydrogen-bond acceptors (Lipinski definition) is 4. The van der Waals surface area contributed by atoms with Crippen LogP contribution in [0, 0.1) is 0 Å². The van der Waals surface area contributed by atoms with Gasteiger partial charge in [-0.15, -0.1) is 10.2 Å². The Morgan fingerprint density at radius 2 is 2.19 bits per heavy atom. The number of aromatic nitrogens is 3. The first-order valence-electron chi connectivity index (χ1n) is 5.05. The van der Waals surface area contributed by atoms with E-state index < -0.39 is 0 Å². The lowest BCUT2D eigenvalue weighted by Crippen LogP contribution is -2.06. The molecule has 2 aromatic rings. The second-order valence-electron chi connectivity index (χ2n) is 3.46. The normalized spacial score (nSPS) is 10.4. The maximum absolute atomic E-state index is 5.65. The molecule has 84 valence electrons. The molecule has 16 heavy (non-hydrogen) atoms. The number of ether oxygens (including phenoxy) is 1. The third kappa shape index (κ3) is 2.20. The largest absolute Gasteiger partial charge is 0.485 e. The van der Waals surface area contributed by atoms with Gasteiger partial charge in [-0.25, -0.2) is 0 Å². The summed E-state index contributed by atoms with van der Waals surface area (Å²) < 4.78 is 7.47. The predicted molar refractivity (Wildman–Crippen MR) is 59.7 cm³/mol. The van der Waals surface area contributed by atoms with Crippen LogP contribution in [-0.2, 0) is 20.2 Å². The van der Waals surface area contributed by atoms with Crippen LogP contribution in [0.2, 0.25) is 0 Å². The van der Waals surface area contributed by atoms with Crippen molar-refractivity contribution in [2.75, 3.05) is 0 Å². The molecule has 0 aliphatic heterocycles. The van der Waals surface area contributed by atoms with Gasteiger partial charge in [-0.1, -0.05) is 18.2 Å². The summed E-state index contributed by atoms with van der Waals surface area (Å²) in [5, 5.41) is 7.73. The number of para-hydroxylation sites is 1. The van der Waals surface area contributed by atoms with E-state index in [0.717, 1.165) is 17.1 Å². The van der Waals surface area contributed by atoms with Crippen LogP contribution in [-0.4, -0.2) is 14.8 Å². The zero-order chi connectivity index (χ0) is 11.4. The van der Waals surface area contributed by atoms with Gasteiger partial charge in [0.1, 0.15) is 18.7 Å². The molecule has 0 radical (unpaired) electrons. The molecular weight excluding hydrogens is 204 g/mol. The Morgan fingerprint density at radius 3 is 2.88 bits per heavy atom. The van der Waals surface area contributed by atoms with Gasteiger partial charge in [0.05, 0.1) is 0 Å². The molecule has 1 heterocycles. The lowest BCUT2D eigenvalue weighted by Gasteiger charge is -2.09. The van der Waals surface area contributed by atoms with Gasteiger partial charge >= 0.3 is 0 Å². The fourth-order valence-electron chi connectivity index (χ4n) is 1.39. The van der Waals surface area contributed by atoms with E-state index in [1.165, 1.54) is 0 Å². The summed E-state index contributed by atoms with van der Waals surface area (Å²) in [5.74, 6) is 1.58. The Bertz CT molecular complexity index is 467. The molecule has 5 nitrogen and oxygen atoms in total. The summed E-state index contributed by atoms with van der Waals surface area (Å²) in [6.07, 6.45) is 1.65. The van der Waals surface area contributed by atoms with Crippen molar-refractivity contribution in [3.8, 4) is 5.75 Å². The second-order valence-corrected chi connectivity index (χ2v) is 3.46. The van der Waals surface area contributed by atoms with E-state index in [9.17, 15) is 0 Å². The predicted octanol–water partition coefficient (Wildman–Crippen LogP) is 0.853. The summed E-state index contributed by atoms with van der Waals surface area (Å²) in [4.78, 5) is 0. The van der Waals surface area contributed by atoms with Gasteiger partial charge in [-0.2, -0.15) is 0 Å². The lowest BCUT2D eigenvalue weighted by molar-refractivity contribution is 0.288. The highest BCUT2D eigenvalue weighted by atomic mass is 16.5. The van der Waals surface area contributed by atoms with Gasteiger partial charge < -0.3 is 15.0 Å². The fourth-order valence-corrected chi connectivity index (χ4v) is 1.39. The van der Waals surface area contributed by atoms with Crippen LogP contribution in [0.3, 0.4) is 0 Å². The molecule has 0 fully saturated rings. The molecule has 0 spiro atoms. The third-order valence-electron chi connectivity index (χ3n) is 2.35. The summed E-state index contributed by atoms with van der Waals surface area (Å²) >= 11 is 0. The average molecular weight is 218 g/mol. The average Bonchev–Trinajstić information content (AvgIpc) is 2.72. The Balaban J connectivity index is 2.07. The highest BCUT2D eigenvalue weighted by molar-refractivity contribution is 5.32. The SMILES string of the molecule is Cn1cnnc1COc1ccccc1CN. The molecule has 5 heteroatoms. The Hall–Kier alpha value is -1.88. The Kier molecular flexibility index (Phi) is 3.16. The van der Waals surface area contributed by atoms with Gasteiger partial charge in [0.15, 0.2) is 5.82 Å². The van der Waals surface area contributed by atoms with Gasteiger partial charge in [0.25, 0.3) is 0 Å². The van der Waals surface area contributed by atoms with Crippen LogP contribution in [0.4, 0.5) is 0 Å². The molecule has 0 saturated carbocycles. The summed E-state index contributed by atoms with van der Waals surface area (Å²) in [7, 11) is 1.88. The first-order chi connectivity index (χ1) is 7.81. The van der Waals surface area contributed by atoms with Gasteiger partial charge in [-0.05, 0) is 6.07 Å². The monoisotopic (exact) mass is 218 g/mol. The van der Waals surface area contributed by atoms with E-state index in [1.54, 1.807) is 6.33 Å². The van der Waals surface area contributed by atoms with E-state index in [2.05, 4.69) is 10.2 Å². The highest BCUT2D eigenvalue weighted by Crippen LogP contribution is 2.17. The van der Waals surface area contributed by atoms with Crippen LogP contribution in [0.5, 0.6) is 5.75 Å². The van der Waals surface area contributed by atoms with Crippen LogP contribution >= 0.6 is 0 Å². The number of hydrogen-bond donors (Lipinski definition) is 1. The maximum atomic E-state index is 5.65. The van der Waals surface area contributed by atoms with Gasteiger partial charge in [0, 0.05) is 19.2 Å². The summed E-state index contributed by atoms with van der Waals surface area (Å²) in [6, 6.07) is 7.72. The zero-order valence-corrected chi connectivity index (χ0v) is 9.13. The number of nitrogens with zero attached hydrogens (tertiary/aromatic N) is 3. The molecule has 2 rings (SSSR count). The minimum absolute atomic E-state index is 0.396. The van der Waals surface area contributed by atoms with Crippen molar-refractivity contribution in [3.63, 3.8) is 0 Å². The van der Waals surface area contributed by atoms with Crippen molar-refractivity contribution in [3.05, 3.63) is 42.0 Å². The smallest absolute Gasteiger partial charge is 0.170 e. The molecule has 1 aromatic heterocycles. The van der Waals surface area contributed by atoms with E-state index in [1.807, 2.05) is 35.9 Å². The fraction of sp³-hybridized carbons (Fsp3) is 0.273. The lowest BCUT2D eigenvalue weighted by atomic mass is 10.2. The van der Waals surface area contributed by atoms with Crippen LogP contribution < -0.4 is 10.5 Å². The van der Waals surface area contributed by atoms with Crippen molar-refractivity contribution in [2.24, 2.45) is 12.8 Å². The molecule has 0 amide bonds. The van der Waals surface area contributed by atoms with Crippen molar-refractivity contribution in [1.82, 2.24) is 14.8 Å². The maximum Gasteiger partial charge on any atom is 0.170 e. The Labute approximate surface area is 93.9 Å². The minimum Gasteiger partial charge on any atom is -0.485 e. The van der Waals surface area contributed by atoms with Crippen LogP contribution in [0.25, 0.3) is 0 Å². The summed E-state index contributed by atoms with van der Waals surface area (Å²) in [6.45, 7) is 0.864. The minimum atomic E-state index is 0.396. The van der Waals surface area contributed by atoms with Gasteiger partial charge in [0.2, 0.25) is 0 Å². The first kappa shape index (κ1) is 10.6. The molecule has 0 unspecified atom stereocenters. The number of rotatable bonds is 4. The molecular formula is C11H14N4O. The first-order valence-corrected chi connectivity index (χ1v) is 5.05. The van der Waals surface area contributed by atoms with Gasteiger partial charge in [-0.3, -0.25) is 0 Å². The Morgan fingerprint density at radius 1 is 1.38 bits per heavy atom. The zero-order valence-electron chi connectivity index (χ0n) is 9.13. The van der Waals surface area contributed by atoms with Crippen LogP contribution in [0.15, 0.2) is 30.6 Å². The second kappa shape index (κ2) is 4.76. The standard InChI is InChI=1S/C11H14N4O/c1-15-8-13-14-11(15)7-16-10-5-3-2-4-9(10)6-12/h2-5,8H,6-7,12H2,1H3. The highest BCUT2D eigenvalue weighted by Gasteiger charge is 2.04. The molecule has 1 aromatic carbocycles. The van der Waals surface area contributed by atoms with Crippen LogP contribution in [0.1, 0.15) is 11.4 Å². The van der Waals surface area contributed by atoms with E-state index in [-0.39, 0.29) is 0 Å². The molecule has 2 N–H and O–H groups in total. The molecule has 0 aliphatic rings. The van der Waals surface area contributed by atoms with E-state index in [0.29, 0.717) is 13.2 Å². The van der Waals surface area contributed by atoms with Crippen molar-refractivity contribution in [1.29, 1.82) is 0 Å². The molecule has 0 saturated heterocycles. The van der Waals surface area contributed by atoms with E-state index >= 15 is 0 Å². The number of benzene rings is 1. The topological polar surface area (TPSA) is 66.0 Å². The van der Waals surface area contributed by atoms with Crippen molar-refractivity contribution >= 4 is 0 Å². The van der Waals surface area contributed by atoms with Crippen molar-refractivity contribution < 1.29 is 4.74 Å².